The Morgan fingerprint density at radius 1 is 1.10 bits per heavy atom. The molecule has 4 rings (SSSR count). The number of rotatable bonds is 11. The number of hydrogen-bond donors (Lipinski definition) is 2. The standard InChI is InChI=1S/C30H35F2N5O4S/c1-19(2)41-26(38)30(18-29(3,4)25(31)32,35-27(42)34-28(39)40-17-20-8-6-5-7-9-20)22-12-10-21(11-13-22)24-16-33-37(36-24)23-14-15-23/h5-13,16,19,23,25H,14-15,17-18H2,1-4H3,(H2,34,35,39,42)/t30-/m1/s1. The van der Waals surface area contributed by atoms with Gasteiger partial charge in [-0.2, -0.15) is 15.0 Å². The zero-order chi connectivity index (χ0) is 30.5. The monoisotopic (exact) mass is 599 g/mol. The highest BCUT2D eigenvalue weighted by molar-refractivity contribution is 7.80. The highest BCUT2D eigenvalue weighted by Crippen LogP contribution is 2.41. The molecule has 3 aromatic rings. The molecule has 0 unspecified atom stereocenters. The van der Waals surface area contributed by atoms with Crippen molar-refractivity contribution in [1.82, 2.24) is 25.6 Å². The van der Waals surface area contributed by atoms with Crippen LogP contribution < -0.4 is 10.6 Å². The Kier molecular flexibility index (Phi) is 9.55. The minimum atomic E-state index is -2.78. The molecule has 1 amide bonds. The van der Waals surface area contributed by atoms with Crippen LogP contribution in [0.3, 0.4) is 0 Å². The van der Waals surface area contributed by atoms with Gasteiger partial charge >= 0.3 is 12.1 Å². The van der Waals surface area contributed by atoms with E-state index in [2.05, 4.69) is 20.8 Å². The number of nitrogens with one attached hydrogen (secondary N) is 2. The number of halogens is 2. The molecular weight excluding hydrogens is 564 g/mol. The first-order valence-electron chi connectivity index (χ1n) is 13.7. The first-order valence-corrected chi connectivity index (χ1v) is 14.1. The van der Waals surface area contributed by atoms with Gasteiger partial charge in [-0.05, 0) is 56.5 Å². The normalized spacial score (nSPS) is 14.8. The minimum Gasteiger partial charge on any atom is -0.461 e. The van der Waals surface area contributed by atoms with Crippen LogP contribution in [0.2, 0.25) is 0 Å². The van der Waals surface area contributed by atoms with E-state index in [0.29, 0.717) is 17.3 Å². The number of ether oxygens (including phenoxy) is 2. The molecule has 0 bridgehead atoms. The molecule has 1 aliphatic carbocycles. The van der Waals surface area contributed by atoms with Crippen molar-refractivity contribution in [2.24, 2.45) is 5.41 Å². The number of aromatic nitrogens is 3. The number of benzene rings is 2. The predicted octanol–water partition coefficient (Wildman–Crippen LogP) is 5.91. The van der Waals surface area contributed by atoms with Crippen molar-refractivity contribution in [3.8, 4) is 11.3 Å². The molecular formula is C30H35F2N5O4S. The number of amides is 1. The van der Waals surface area contributed by atoms with E-state index in [1.807, 2.05) is 18.2 Å². The topological polar surface area (TPSA) is 107 Å². The van der Waals surface area contributed by atoms with Gasteiger partial charge in [-0.25, -0.2) is 18.4 Å². The summed E-state index contributed by atoms with van der Waals surface area (Å²) in [6.07, 6.45) is -0.876. The summed E-state index contributed by atoms with van der Waals surface area (Å²) in [7, 11) is 0. The molecule has 9 nitrogen and oxygen atoms in total. The van der Waals surface area contributed by atoms with Crippen LogP contribution >= 0.6 is 12.2 Å². The van der Waals surface area contributed by atoms with Crippen molar-refractivity contribution >= 4 is 29.4 Å². The number of esters is 1. The number of hydrogen-bond acceptors (Lipinski definition) is 7. The van der Waals surface area contributed by atoms with Crippen LogP contribution in [0.25, 0.3) is 11.3 Å². The van der Waals surface area contributed by atoms with Gasteiger partial charge in [0.2, 0.25) is 6.43 Å². The molecule has 1 saturated carbocycles. The minimum absolute atomic E-state index is 0.0128. The van der Waals surface area contributed by atoms with Gasteiger partial charge < -0.3 is 14.8 Å². The Morgan fingerprint density at radius 3 is 2.36 bits per heavy atom. The first-order chi connectivity index (χ1) is 19.9. The highest BCUT2D eigenvalue weighted by Gasteiger charge is 2.49. The lowest BCUT2D eigenvalue weighted by Crippen LogP contribution is -2.58. The molecule has 0 spiro atoms. The largest absolute Gasteiger partial charge is 0.461 e. The van der Waals surface area contributed by atoms with Crippen molar-refractivity contribution in [2.75, 3.05) is 0 Å². The van der Waals surface area contributed by atoms with E-state index < -0.39 is 42.0 Å². The Bertz CT molecular complexity index is 1390. The molecule has 42 heavy (non-hydrogen) atoms. The van der Waals surface area contributed by atoms with E-state index in [4.69, 9.17) is 21.7 Å². The molecule has 1 atom stereocenters. The first kappa shape index (κ1) is 31.0. The second-order valence-electron chi connectivity index (χ2n) is 11.3. The molecule has 2 aromatic carbocycles. The molecule has 0 radical (unpaired) electrons. The van der Waals surface area contributed by atoms with Gasteiger partial charge in [-0.3, -0.25) is 5.32 Å². The van der Waals surface area contributed by atoms with E-state index in [1.54, 1.807) is 61.2 Å². The Labute approximate surface area is 249 Å². The fourth-order valence-corrected chi connectivity index (χ4v) is 4.68. The maximum atomic E-state index is 14.2. The van der Waals surface area contributed by atoms with E-state index >= 15 is 0 Å². The van der Waals surface area contributed by atoms with E-state index in [9.17, 15) is 18.4 Å². The van der Waals surface area contributed by atoms with Crippen LogP contribution in [0.15, 0.2) is 60.8 Å². The summed E-state index contributed by atoms with van der Waals surface area (Å²) in [5.41, 5.74) is -1.08. The molecule has 0 saturated heterocycles. The second kappa shape index (κ2) is 12.9. The zero-order valence-corrected chi connectivity index (χ0v) is 24.8. The van der Waals surface area contributed by atoms with Gasteiger partial charge in [0, 0.05) is 11.0 Å². The molecule has 1 heterocycles. The smallest absolute Gasteiger partial charge is 0.413 e. The molecule has 12 heteroatoms. The number of alkyl halides is 2. The Balaban J connectivity index is 1.63. The van der Waals surface area contributed by atoms with Crippen LogP contribution in [-0.2, 0) is 26.4 Å². The summed E-state index contributed by atoms with van der Waals surface area (Å²) >= 11 is 5.39. The Hall–Kier alpha value is -3.93. The average molecular weight is 600 g/mol. The third-order valence-electron chi connectivity index (χ3n) is 6.81. The summed E-state index contributed by atoms with van der Waals surface area (Å²) in [6.45, 7) is 6.01. The second-order valence-corrected chi connectivity index (χ2v) is 11.7. The van der Waals surface area contributed by atoms with Gasteiger partial charge in [-0.1, -0.05) is 68.4 Å². The maximum Gasteiger partial charge on any atom is 0.413 e. The average Bonchev–Trinajstić information content (AvgIpc) is 3.67. The molecule has 0 aliphatic heterocycles. The van der Waals surface area contributed by atoms with Gasteiger partial charge in [0.1, 0.15) is 12.3 Å². The van der Waals surface area contributed by atoms with Gasteiger partial charge in [0.25, 0.3) is 0 Å². The number of carbonyl (C=O) groups is 2. The van der Waals surface area contributed by atoms with Gasteiger partial charge in [0.15, 0.2) is 10.7 Å². The van der Waals surface area contributed by atoms with Crippen LogP contribution in [0.5, 0.6) is 0 Å². The van der Waals surface area contributed by atoms with E-state index in [1.165, 1.54) is 13.8 Å². The molecule has 1 aliphatic rings. The zero-order valence-electron chi connectivity index (χ0n) is 24.0. The highest BCUT2D eigenvalue weighted by atomic mass is 32.1. The van der Waals surface area contributed by atoms with Crippen LogP contribution in [0, 0.1) is 5.41 Å². The third-order valence-corrected chi connectivity index (χ3v) is 7.02. The number of alkyl carbamates (subject to hydrolysis) is 1. The Morgan fingerprint density at radius 2 is 1.76 bits per heavy atom. The van der Waals surface area contributed by atoms with E-state index in [-0.39, 0.29) is 11.7 Å². The fraction of sp³-hybridized carbons (Fsp3) is 0.433. The molecule has 2 N–H and O–H groups in total. The SMILES string of the molecule is CC(C)OC(=O)[C@](CC(C)(C)C(F)F)(NC(=S)NC(=O)OCc1ccccc1)c1ccc(-c2cnn(C3CC3)n2)cc1. The van der Waals surface area contributed by atoms with Crippen LogP contribution in [0.1, 0.15) is 64.1 Å². The molecule has 1 aromatic heterocycles. The fourth-order valence-electron chi connectivity index (χ4n) is 4.43. The summed E-state index contributed by atoms with van der Waals surface area (Å²) in [4.78, 5) is 28.0. The summed E-state index contributed by atoms with van der Waals surface area (Å²) in [6, 6.07) is 16.1. The van der Waals surface area contributed by atoms with Crippen molar-refractivity contribution in [3.05, 3.63) is 71.9 Å². The summed E-state index contributed by atoms with van der Waals surface area (Å²) < 4.78 is 39.3. The van der Waals surface area contributed by atoms with Crippen molar-refractivity contribution in [2.45, 2.75) is 77.7 Å². The van der Waals surface area contributed by atoms with Crippen LogP contribution in [0.4, 0.5) is 13.6 Å². The number of nitrogens with zero attached hydrogens (tertiary/aromatic N) is 3. The van der Waals surface area contributed by atoms with Crippen LogP contribution in [-0.4, -0.2) is 44.7 Å². The maximum absolute atomic E-state index is 14.2. The van der Waals surface area contributed by atoms with E-state index in [0.717, 1.165) is 24.0 Å². The summed E-state index contributed by atoms with van der Waals surface area (Å²) in [5, 5.41) is 13.8. The van der Waals surface area contributed by atoms with Gasteiger partial charge in [-0.15, -0.1) is 0 Å². The van der Waals surface area contributed by atoms with Crippen molar-refractivity contribution in [3.63, 3.8) is 0 Å². The van der Waals surface area contributed by atoms with Crippen molar-refractivity contribution < 1.29 is 27.8 Å². The number of carbonyl (C=O) groups excluding carboxylic acids is 2. The molecule has 1 fully saturated rings. The number of thiocarbonyl (C=S) groups is 1. The summed E-state index contributed by atoms with van der Waals surface area (Å²) in [5.74, 6) is -0.819. The van der Waals surface area contributed by atoms with Crippen molar-refractivity contribution in [1.29, 1.82) is 0 Å². The lowest BCUT2D eigenvalue weighted by atomic mass is 9.74. The lowest BCUT2D eigenvalue weighted by Gasteiger charge is -2.40. The van der Waals surface area contributed by atoms with Gasteiger partial charge in [0.05, 0.1) is 18.3 Å². The molecule has 224 valence electrons. The predicted molar refractivity (Wildman–Crippen MR) is 157 cm³/mol. The quantitative estimate of drug-likeness (QED) is 0.207. The third kappa shape index (κ3) is 7.67. The lowest BCUT2D eigenvalue weighted by molar-refractivity contribution is -0.158.